The van der Waals surface area contributed by atoms with Gasteiger partial charge in [0.05, 0.1) is 18.3 Å². The van der Waals surface area contributed by atoms with Crippen molar-refractivity contribution in [2.75, 3.05) is 13.1 Å². The van der Waals surface area contributed by atoms with Crippen molar-refractivity contribution in [3.05, 3.63) is 70.2 Å². The molecule has 0 N–H and O–H groups in total. The number of benzene rings is 2. The molecular weight excluding hydrogens is 442 g/mol. The van der Waals surface area contributed by atoms with Crippen molar-refractivity contribution in [1.29, 1.82) is 0 Å². The summed E-state index contributed by atoms with van der Waals surface area (Å²) in [7, 11) is 0. The number of hydrogen-bond acceptors (Lipinski definition) is 3. The summed E-state index contributed by atoms with van der Waals surface area (Å²) in [4.78, 5) is 27.5. The topological polar surface area (TPSA) is 53.0 Å². The molecule has 1 unspecified atom stereocenters. The summed E-state index contributed by atoms with van der Waals surface area (Å²) >= 11 is 3.58. The molecule has 1 aliphatic rings. The van der Waals surface area contributed by atoms with Gasteiger partial charge in [-0.2, -0.15) is 5.10 Å². The van der Waals surface area contributed by atoms with Crippen LogP contribution in [0.2, 0.25) is 0 Å². The molecule has 1 heterocycles. The molecule has 2 amide bonds. The summed E-state index contributed by atoms with van der Waals surface area (Å²) in [6.07, 6.45) is 1.98. The lowest BCUT2D eigenvalue weighted by Crippen LogP contribution is -2.35. The third-order valence-electron chi connectivity index (χ3n) is 5.36. The van der Waals surface area contributed by atoms with E-state index in [2.05, 4.69) is 28.0 Å². The number of carbonyl (C=O) groups excluding carboxylic acids is 2. The summed E-state index contributed by atoms with van der Waals surface area (Å²) < 4.78 is 0.988. The highest BCUT2D eigenvalue weighted by molar-refractivity contribution is 9.10. The Morgan fingerprint density at radius 2 is 1.80 bits per heavy atom. The summed E-state index contributed by atoms with van der Waals surface area (Å²) in [5.74, 6) is -0.0980. The van der Waals surface area contributed by atoms with Gasteiger partial charge in [-0.25, -0.2) is 5.01 Å². The van der Waals surface area contributed by atoms with Crippen LogP contribution in [0.3, 0.4) is 0 Å². The van der Waals surface area contributed by atoms with Crippen LogP contribution in [0.1, 0.15) is 56.7 Å². The van der Waals surface area contributed by atoms with E-state index in [0.717, 1.165) is 34.2 Å². The lowest BCUT2D eigenvalue weighted by atomic mass is 10.1. The molecule has 0 spiro atoms. The maximum atomic E-state index is 13.0. The van der Waals surface area contributed by atoms with E-state index >= 15 is 0 Å². The molecule has 0 radical (unpaired) electrons. The number of rotatable bonds is 8. The number of hydrazone groups is 1. The zero-order chi connectivity index (χ0) is 21.5. The van der Waals surface area contributed by atoms with Crippen LogP contribution < -0.4 is 0 Å². The van der Waals surface area contributed by atoms with Crippen LogP contribution in [0.5, 0.6) is 0 Å². The first-order valence-corrected chi connectivity index (χ1v) is 11.3. The van der Waals surface area contributed by atoms with E-state index in [1.54, 1.807) is 0 Å². The van der Waals surface area contributed by atoms with Crippen LogP contribution in [-0.2, 0) is 9.59 Å². The van der Waals surface area contributed by atoms with Gasteiger partial charge < -0.3 is 4.90 Å². The number of nitrogens with zero attached hydrogens (tertiary/aromatic N) is 3. The SMILES string of the molecule is CCCN(C(=O)CCC(=O)N1CCC(c2ccccc2)=N1)C(C)c1ccccc1Br. The van der Waals surface area contributed by atoms with Gasteiger partial charge in [0.2, 0.25) is 11.8 Å². The molecule has 2 aromatic carbocycles. The van der Waals surface area contributed by atoms with Crippen molar-refractivity contribution in [2.24, 2.45) is 5.10 Å². The predicted octanol–water partition coefficient (Wildman–Crippen LogP) is 5.17. The zero-order valence-electron chi connectivity index (χ0n) is 17.6. The fourth-order valence-corrected chi connectivity index (χ4v) is 4.33. The largest absolute Gasteiger partial charge is 0.336 e. The first-order chi connectivity index (χ1) is 14.5. The molecular formula is C24H28BrN3O2. The van der Waals surface area contributed by atoms with Crippen LogP contribution in [0.4, 0.5) is 0 Å². The molecule has 2 aromatic rings. The molecule has 3 rings (SSSR count). The quantitative estimate of drug-likeness (QED) is 0.535. The molecule has 0 saturated carbocycles. The maximum absolute atomic E-state index is 13.0. The highest BCUT2D eigenvalue weighted by atomic mass is 79.9. The van der Waals surface area contributed by atoms with E-state index in [1.807, 2.05) is 66.4 Å². The minimum absolute atomic E-state index is 0.0000811. The van der Waals surface area contributed by atoms with Crippen molar-refractivity contribution < 1.29 is 9.59 Å². The van der Waals surface area contributed by atoms with Gasteiger partial charge in [0.1, 0.15) is 0 Å². The molecule has 158 valence electrons. The van der Waals surface area contributed by atoms with Crippen LogP contribution in [0.25, 0.3) is 0 Å². The summed E-state index contributed by atoms with van der Waals surface area (Å²) in [6, 6.07) is 17.8. The first-order valence-electron chi connectivity index (χ1n) is 10.5. The Bertz CT molecular complexity index is 914. The smallest absolute Gasteiger partial charge is 0.243 e. The lowest BCUT2D eigenvalue weighted by Gasteiger charge is -2.30. The molecule has 1 atom stereocenters. The minimum Gasteiger partial charge on any atom is -0.336 e. The molecule has 5 nitrogen and oxygen atoms in total. The predicted molar refractivity (Wildman–Crippen MR) is 123 cm³/mol. The first kappa shape index (κ1) is 22.2. The van der Waals surface area contributed by atoms with E-state index in [9.17, 15) is 9.59 Å². The number of hydrogen-bond donors (Lipinski definition) is 0. The highest BCUT2D eigenvalue weighted by Crippen LogP contribution is 2.28. The van der Waals surface area contributed by atoms with E-state index in [-0.39, 0.29) is 30.7 Å². The average molecular weight is 470 g/mol. The Kier molecular flexibility index (Phi) is 7.80. The molecule has 0 bridgehead atoms. The lowest BCUT2D eigenvalue weighted by molar-refractivity contribution is -0.138. The second kappa shape index (κ2) is 10.5. The van der Waals surface area contributed by atoms with Gasteiger partial charge in [0.25, 0.3) is 0 Å². The van der Waals surface area contributed by atoms with Crippen molar-refractivity contribution in [3.8, 4) is 0 Å². The summed E-state index contributed by atoms with van der Waals surface area (Å²) in [5, 5.41) is 5.99. The third kappa shape index (κ3) is 5.36. The molecule has 0 aliphatic carbocycles. The van der Waals surface area contributed by atoms with Crippen molar-refractivity contribution in [2.45, 2.75) is 45.6 Å². The molecule has 0 saturated heterocycles. The maximum Gasteiger partial charge on any atom is 0.243 e. The van der Waals surface area contributed by atoms with E-state index in [4.69, 9.17) is 0 Å². The van der Waals surface area contributed by atoms with Gasteiger partial charge in [-0.05, 0) is 30.5 Å². The van der Waals surface area contributed by atoms with Crippen LogP contribution >= 0.6 is 15.9 Å². The standard InChI is InChI=1S/C24H28BrN3O2/c1-3-16-27(18(2)20-11-7-8-12-21(20)25)23(29)13-14-24(30)28-17-15-22(26-28)19-9-5-4-6-10-19/h4-12,18H,3,13-17H2,1-2H3. The van der Waals surface area contributed by atoms with Gasteiger partial charge in [0, 0.05) is 30.3 Å². The minimum atomic E-state index is -0.0979. The normalized spacial score (nSPS) is 14.4. The molecule has 30 heavy (non-hydrogen) atoms. The highest BCUT2D eigenvalue weighted by Gasteiger charge is 2.25. The van der Waals surface area contributed by atoms with Gasteiger partial charge >= 0.3 is 0 Å². The van der Waals surface area contributed by atoms with E-state index in [0.29, 0.717) is 13.1 Å². The average Bonchev–Trinajstić information content (AvgIpc) is 3.26. The monoisotopic (exact) mass is 469 g/mol. The fraction of sp³-hybridized carbons (Fsp3) is 0.375. The van der Waals surface area contributed by atoms with Crippen molar-refractivity contribution in [3.63, 3.8) is 0 Å². The Hall–Kier alpha value is -2.47. The molecule has 0 fully saturated rings. The summed E-state index contributed by atoms with van der Waals surface area (Å²) in [6.45, 7) is 5.33. The molecule has 0 aromatic heterocycles. The molecule has 6 heteroatoms. The van der Waals surface area contributed by atoms with Crippen LogP contribution in [-0.4, -0.2) is 40.5 Å². The zero-order valence-corrected chi connectivity index (χ0v) is 19.1. The van der Waals surface area contributed by atoms with Crippen LogP contribution in [0, 0.1) is 0 Å². The van der Waals surface area contributed by atoms with Crippen LogP contribution in [0.15, 0.2) is 64.2 Å². The number of halogens is 1. The van der Waals surface area contributed by atoms with Gasteiger partial charge in [0.15, 0.2) is 0 Å². The Morgan fingerprint density at radius 3 is 2.50 bits per heavy atom. The Balaban J connectivity index is 1.61. The number of amides is 2. The number of carbonyl (C=O) groups is 2. The molecule has 1 aliphatic heterocycles. The second-order valence-electron chi connectivity index (χ2n) is 7.46. The van der Waals surface area contributed by atoms with E-state index < -0.39 is 0 Å². The fourth-order valence-electron chi connectivity index (χ4n) is 3.71. The summed E-state index contributed by atoms with van der Waals surface area (Å²) in [5.41, 5.74) is 3.04. The second-order valence-corrected chi connectivity index (χ2v) is 8.32. The van der Waals surface area contributed by atoms with Crippen molar-refractivity contribution in [1.82, 2.24) is 9.91 Å². The Labute approximate surface area is 186 Å². The van der Waals surface area contributed by atoms with Gasteiger partial charge in [-0.15, -0.1) is 0 Å². The van der Waals surface area contributed by atoms with Crippen molar-refractivity contribution >= 4 is 33.5 Å². The van der Waals surface area contributed by atoms with Gasteiger partial charge in [-0.3, -0.25) is 9.59 Å². The Morgan fingerprint density at radius 1 is 1.10 bits per heavy atom. The van der Waals surface area contributed by atoms with E-state index in [1.165, 1.54) is 5.01 Å². The third-order valence-corrected chi connectivity index (χ3v) is 6.08. The van der Waals surface area contributed by atoms with Gasteiger partial charge in [-0.1, -0.05) is 71.4 Å².